The lowest BCUT2D eigenvalue weighted by Gasteiger charge is -2.39. The van der Waals surface area contributed by atoms with E-state index in [4.69, 9.17) is 23.2 Å². The van der Waals surface area contributed by atoms with Gasteiger partial charge in [-0.05, 0) is 31.0 Å². The van der Waals surface area contributed by atoms with Gasteiger partial charge in [0.1, 0.15) is 0 Å². The Labute approximate surface area is 170 Å². The molecule has 0 atom stereocenters. The number of aromatic amines is 1. The van der Waals surface area contributed by atoms with Crippen LogP contribution >= 0.6 is 34.5 Å². The van der Waals surface area contributed by atoms with Gasteiger partial charge in [0.15, 0.2) is 0 Å². The Balaban J connectivity index is 1.48. The number of hydrogen-bond donors (Lipinski definition) is 2. The van der Waals surface area contributed by atoms with Gasteiger partial charge in [0, 0.05) is 50.7 Å². The number of rotatable bonds is 3. The first-order chi connectivity index (χ1) is 13.0. The van der Waals surface area contributed by atoms with Crippen LogP contribution in [0.1, 0.15) is 28.8 Å². The van der Waals surface area contributed by atoms with Crippen molar-refractivity contribution in [3.63, 3.8) is 0 Å². The van der Waals surface area contributed by atoms with Gasteiger partial charge in [-0.3, -0.25) is 9.89 Å². The second-order valence-corrected chi connectivity index (χ2v) is 8.33. The van der Waals surface area contributed by atoms with Crippen LogP contribution in [-0.4, -0.2) is 39.2 Å². The molecular weight excluding hydrogens is 405 g/mol. The molecule has 0 aliphatic carbocycles. The molecule has 1 aliphatic heterocycles. The number of nitrogens with zero attached hydrogens (tertiary/aromatic N) is 2. The minimum atomic E-state index is -1.12. The molecule has 2 N–H and O–H groups in total. The predicted octanol–water partition coefficient (Wildman–Crippen LogP) is 4.57. The number of aromatic nitrogens is 2. The van der Waals surface area contributed by atoms with Gasteiger partial charge < -0.3 is 10.0 Å². The minimum absolute atomic E-state index is 0.0340. The standard InChI is InChI=1S/C19H17Cl2N3O2S/c20-14-2-1-3-15(21)17(14)19(26)4-6-24(7-5-19)18(25)12-8-16(27-11-12)13-9-22-23-10-13/h1-3,8-11,26H,4-7H2,(H,22,23). The molecule has 1 saturated heterocycles. The summed E-state index contributed by atoms with van der Waals surface area (Å²) in [6.45, 7) is 0.877. The maximum absolute atomic E-state index is 12.8. The second kappa shape index (κ2) is 7.28. The maximum Gasteiger partial charge on any atom is 0.254 e. The van der Waals surface area contributed by atoms with Crippen LogP contribution in [0.3, 0.4) is 0 Å². The zero-order chi connectivity index (χ0) is 19.0. The Morgan fingerprint density at radius 3 is 2.59 bits per heavy atom. The van der Waals surface area contributed by atoms with Crippen molar-refractivity contribution in [3.05, 3.63) is 63.2 Å². The molecule has 27 heavy (non-hydrogen) atoms. The molecule has 0 bridgehead atoms. The van der Waals surface area contributed by atoms with Crippen LogP contribution in [0, 0.1) is 0 Å². The number of carbonyl (C=O) groups is 1. The van der Waals surface area contributed by atoms with E-state index in [1.54, 1.807) is 35.5 Å². The Kier molecular flexibility index (Phi) is 4.99. The molecule has 1 aliphatic rings. The largest absolute Gasteiger partial charge is 0.385 e. The van der Waals surface area contributed by atoms with Crippen molar-refractivity contribution in [2.24, 2.45) is 0 Å². The van der Waals surface area contributed by atoms with Crippen LogP contribution in [0.15, 0.2) is 42.0 Å². The molecule has 1 amide bonds. The lowest BCUT2D eigenvalue weighted by atomic mass is 9.84. The molecule has 2 aromatic heterocycles. The van der Waals surface area contributed by atoms with Crippen LogP contribution in [0.25, 0.3) is 10.4 Å². The number of nitrogens with one attached hydrogen (secondary N) is 1. The maximum atomic E-state index is 12.8. The van der Waals surface area contributed by atoms with Gasteiger partial charge in [-0.15, -0.1) is 11.3 Å². The average Bonchev–Trinajstić information content (AvgIpc) is 3.33. The summed E-state index contributed by atoms with van der Waals surface area (Å²) in [6.07, 6.45) is 4.31. The monoisotopic (exact) mass is 421 g/mol. The highest BCUT2D eigenvalue weighted by molar-refractivity contribution is 7.13. The van der Waals surface area contributed by atoms with Gasteiger partial charge in [0.25, 0.3) is 5.91 Å². The Hall–Kier alpha value is -1.86. The average molecular weight is 422 g/mol. The van der Waals surface area contributed by atoms with E-state index in [1.165, 1.54) is 11.3 Å². The van der Waals surface area contributed by atoms with Crippen LogP contribution in [0.2, 0.25) is 10.0 Å². The number of H-pyrrole nitrogens is 1. The minimum Gasteiger partial charge on any atom is -0.385 e. The lowest BCUT2D eigenvalue weighted by molar-refractivity contribution is -0.0209. The van der Waals surface area contributed by atoms with E-state index in [-0.39, 0.29) is 5.91 Å². The van der Waals surface area contributed by atoms with Gasteiger partial charge in [0.05, 0.1) is 17.4 Å². The summed E-state index contributed by atoms with van der Waals surface area (Å²) in [7, 11) is 0. The third-order valence-corrected chi connectivity index (χ3v) is 6.54. The van der Waals surface area contributed by atoms with Gasteiger partial charge in [-0.25, -0.2) is 0 Å². The highest BCUT2D eigenvalue weighted by Crippen LogP contribution is 2.41. The number of halogens is 2. The van der Waals surface area contributed by atoms with E-state index < -0.39 is 5.60 Å². The summed E-state index contributed by atoms with van der Waals surface area (Å²) >= 11 is 14.0. The molecule has 0 saturated carbocycles. The summed E-state index contributed by atoms with van der Waals surface area (Å²) < 4.78 is 0. The summed E-state index contributed by atoms with van der Waals surface area (Å²) in [6, 6.07) is 7.08. The summed E-state index contributed by atoms with van der Waals surface area (Å²) in [5, 5.41) is 20.6. The SMILES string of the molecule is O=C(c1csc(-c2cn[nH]c2)c1)N1CCC(O)(c2c(Cl)cccc2Cl)CC1. The smallest absolute Gasteiger partial charge is 0.254 e. The zero-order valence-electron chi connectivity index (χ0n) is 14.3. The van der Waals surface area contributed by atoms with E-state index >= 15 is 0 Å². The zero-order valence-corrected chi connectivity index (χ0v) is 16.6. The quantitative estimate of drug-likeness (QED) is 0.650. The summed E-state index contributed by atoms with van der Waals surface area (Å²) in [5.74, 6) is -0.0340. The fraction of sp³-hybridized carbons (Fsp3) is 0.263. The van der Waals surface area contributed by atoms with Crippen LogP contribution in [0.5, 0.6) is 0 Å². The summed E-state index contributed by atoms with van der Waals surface area (Å²) in [5.41, 5.74) is 1.04. The Bertz CT molecular complexity index is 943. The van der Waals surface area contributed by atoms with E-state index in [1.807, 2.05) is 11.4 Å². The molecule has 3 heterocycles. The summed E-state index contributed by atoms with van der Waals surface area (Å²) in [4.78, 5) is 15.6. The fourth-order valence-electron chi connectivity index (χ4n) is 3.44. The van der Waals surface area contributed by atoms with Gasteiger partial charge in [-0.2, -0.15) is 5.10 Å². The number of carbonyl (C=O) groups excluding carboxylic acids is 1. The molecule has 3 aromatic rings. The first-order valence-electron chi connectivity index (χ1n) is 8.52. The normalized spacial score (nSPS) is 16.5. The van der Waals surface area contributed by atoms with E-state index in [0.717, 1.165) is 10.4 Å². The van der Waals surface area contributed by atoms with E-state index in [9.17, 15) is 9.90 Å². The molecule has 1 aromatic carbocycles. The number of benzene rings is 1. The van der Waals surface area contributed by atoms with E-state index in [2.05, 4.69) is 10.2 Å². The first-order valence-corrected chi connectivity index (χ1v) is 10.2. The lowest BCUT2D eigenvalue weighted by Crippen LogP contribution is -2.45. The van der Waals surface area contributed by atoms with Crippen molar-refractivity contribution < 1.29 is 9.90 Å². The molecular formula is C19H17Cl2N3O2S. The highest BCUT2D eigenvalue weighted by Gasteiger charge is 2.38. The molecule has 0 radical (unpaired) electrons. The predicted molar refractivity (Wildman–Crippen MR) is 107 cm³/mol. The molecule has 8 heteroatoms. The molecule has 140 valence electrons. The van der Waals surface area contributed by atoms with Gasteiger partial charge >= 0.3 is 0 Å². The van der Waals surface area contributed by atoms with Crippen molar-refractivity contribution in [1.82, 2.24) is 15.1 Å². The third kappa shape index (κ3) is 3.50. The van der Waals surface area contributed by atoms with Crippen LogP contribution < -0.4 is 0 Å². The fourth-order valence-corrected chi connectivity index (χ4v) is 5.05. The number of likely N-dealkylation sites (tertiary alicyclic amines) is 1. The van der Waals surface area contributed by atoms with Crippen LogP contribution in [-0.2, 0) is 5.60 Å². The number of aliphatic hydroxyl groups is 1. The van der Waals surface area contributed by atoms with E-state index in [0.29, 0.717) is 47.1 Å². The second-order valence-electron chi connectivity index (χ2n) is 6.61. The van der Waals surface area contributed by atoms with Gasteiger partial charge in [-0.1, -0.05) is 29.3 Å². The van der Waals surface area contributed by atoms with Crippen LogP contribution in [0.4, 0.5) is 0 Å². The van der Waals surface area contributed by atoms with Crippen molar-refractivity contribution >= 4 is 40.4 Å². The molecule has 0 unspecified atom stereocenters. The van der Waals surface area contributed by atoms with Crippen molar-refractivity contribution in [2.45, 2.75) is 18.4 Å². The molecule has 5 nitrogen and oxygen atoms in total. The number of thiophene rings is 1. The number of piperidine rings is 1. The Morgan fingerprint density at radius 1 is 1.26 bits per heavy atom. The van der Waals surface area contributed by atoms with Crippen molar-refractivity contribution in [3.8, 4) is 10.4 Å². The van der Waals surface area contributed by atoms with Crippen molar-refractivity contribution in [1.29, 1.82) is 0 Å². The number of amides is 1. The first kappa shape index (κ1) is 18.5. The number of hydrogen-bond acceptors (Lipinski definition) is 4. The Morgan fingerprint density at radius 2 is 1.96 bits per heavy atom. The third-order valence-electron chi connectivity index (χ3n) is 4.94. The molecule has 1 fully saturated rings. The molecule has 0 spiro atoms. The highest BCUT2D eigenvalue weighted by atomic mass is 35.5. The topological polar surface area (TPSA) is 69.2 Å². The molecule has 4 rings (SSSR count). The van der Waals surface area contributed by atoms with Gasteiger partial charge in [0.2, 0.25) is 0 Å². The van der Waals surface area contributed by atoms with Crippen molar-refractivity contribution in [2.75, 3.05) is 13.1 Å².